The van der Waals surface area contributed by atoms with Gasteiger partial charge >= 0.3 is 0 Å². The van der Waals surface area contributed by atoms with Gasteiger partial charge in [0.2, 0.25) is 0 Å². The standard InChI is InChI=1S/C45H27N3OS/c1-3-10-28(11-4-1)29-18-20-30(21-19-29)32-22-24-34-35-25-23-33(27-41(35)50-40(34)26-32)44-46-43(31-12-5-2-6-13-31)47-45(48-44)37-15-9-17-39-42(37)36-14-7-8-16-38(36)49-39/h1-27H/i1D,3D,4D,10D,11D,18D,19D,20D,21D. The molecule has 0 spiro atoms. The first-order valence-electron chi connectivity index (χ1n) is 20.4. The van der Waals surface area contributed by atoms with Gasteiger partial charge in [-0.2, -0.15) is 0 Å². The number of aromatic nitrogens is 3. The molecule has 0 fully saturated rings. The second-order valence-corrected chi connectivity index (χ2v) is 12.8. The van der Waals surface area contributed by atoms with Gasteiger partial charge < -0.3 is 4.42 Å². The molecule has 0 bridgehead atoms. The predicted molar refractivity (Wildman–Crippen MR) is 207 cm³/mol. The number of furan rings is 1. The molecule has 0 aliphatic rings. The molecule has 0 radical (unpaired) electrons. The average Bonchev–Trinajstić information content (AvgIpc) is 3.83. The normalized spacial score (nSPS) is 14.1. The van der Waals surface area contributed by atoms with Gasteiger partial charge in [0.25, 0.3) is 0 Å². The zero-order chi connectivity index (χ0) is 40.9. The SMILES string of the molecule is [2H]c1c([2H])c([2H])c(-c2c([2H])c([2H])c(-c3ccc4c(c3)sc3cc(-c5nc(-c6ccccc6)nc(-c6cccc7oc8ccccc8c67)n5)ccc34)c([2H])c2[2H])c([2H])c1[2H]. The van der Waals surface area contributed by atoms with Gasteiger partial charge in [0.15, 0.2) is 17.5 Å². The molecule has 5 heteroatoms. The Kier molecular flexibility index (Phi) is 4.84. The molecule has 0 unspecified atom stereocenters. The average molecular weight is 667 g/mol. The highest BCUT2D eigenvalue weighted by Gasteiger charge is 2.18. The van der Waals surface area contributed by atoms with Gasteiger partial charge in [-0.05, 0) is 46.5 Å². The topological polar surface area (TPSA) is 51.8 Å². The summed E-state index contributed by atoms with van der Waals surface area (Å²) >= 11 is 1.50. The van der Waals surface area contributed by atoms with Crippen LogP contribution < -0.4 is 0 Å². The van der Waals surface area contributed by atoms with Crippen molar-refractivity contribution < 1.29 is 16.8 Å². The maximum absolute atomic E-state index is 8.96. The van der Waals surface area contributed by atoms with Gasteiger partial charge in [-0.15, -0.1) is 11.3 Å². The van der Waals surface area contributed by atoms with Crippen LogP contribution in [-0.2, 0) is 0 Å². The van der Waals surface area contributed by atoms with Gasteiger partial charge in [0.1, 0.15) is 11.2 Å². The summed E-state index contributed by atoms with van der Waals surface area (Å²) in [6.45, 7) is 0. The van der Waals surface area contributed by atoms with Gasteiger partial charge in [0.05, 0.1) is 12.3 Å². The number of hydrogen-bond donors (Lipinski definition) is 0. The number of thiophene rings is 1. The first-order chi connectivity index (χ1) is 28.5. The number of hydrogen-bond acceptors (Lipinski definition) is 5. The summed E-state index contributed by atoms with van der Waals surface area (Å²) in [4.78, 5) is 15.0. The van der Waals surface area contributed by atoms with Crippen molar-refractivity contribution in [2.24, 2.45) is 0 Å². The van der Waals surface area contributed by atoms with Crippen LogP contribution in [-0.4, -0.2) is 15.0 Å². The smallest absolute Gasteiger partial charge is 0.164 e. The molecule has 3 heterocycles. The Balaban J connectivity index is 1.10. The molecule has 0 aliphatic carbocycles. The van der Waals surface area contributed by atoms with Crippen LogP contribution >= 0.6 is 11.3 Å². The molecule has 0 amide bonds. The molecule has 0 saturated carbocycles. The highest BCUT2D eigenvalue weighted by Crippen LogP contribution is 2.40. The minimum atomic E-state index is -0.617. The van der Waals surface area contributed by atoms with E-state index >= 15 is 0 Å². The van der Waals surface area contributed by atoms with E-state index in [-0.39, 0.29) is 28.8 Å². The number of nitrogens with zero attached hydrogens (tertiary/aromatic N) is 3. The monoisotopic (exact) mass is 666 g/mol. The molecular weight excluding hydrogens is 631 g/mol. The first-order valence-corrected chi connectivity index (χ1v) is 16.7. The fraction of sp³-hybridized carbons (Fsp3) is 0. The Bertz CT molecular complexity index is 3350. The van der Waals surface area contributed by atoms with Gasteiger partial charge in [-0.3, -0.25) is 0 Å². The summed E-state index contributed by atoms with van der Waals surface area (Å²) in [5.41, 5.74) is 3.72. The summed E-state index contributed by atoms with van der Waals surface area (Å²) in [5.74, 6) is 1.51. The molecule has 234 valence electrons. The van der Waals surface area contributed by atoms with Gasteiger partial charge in [-0.25, -0.2) is 15.0 Å². The Morgan fingerprint density at radius 1 is 0.440 bits per heavy atom. The van der Waals surface area contributed by atoms with Crippen LogP contribution in [0, 0.1) is 0 Å². The van der Waals surface area contributed by atoms with Crippen molar-refractivity contribution in [3.8, 4) is 56.4 Å². The lowest BCUT2D eigenvalue weighted by Crippen LogP contribution is -2.00. The minimum absolute atomic E-state index is 0.0442. The van der Waals surface area contributed by atoms with Crippen LogP contribution in [0.2, 0.25) is 0 Å². The van der Waals surface area contributed by atoms with Crippen LogP contribution in [0.3, 0.4) is 0 Å². The van der Waals surface area contributed by atoms with Crippen molar-refractivity contribution >= 4 is 53.4 Å². The Morgan fingerprint density at radius 2 is 1.04 bits per heavy atom. The van der Waals surface area contributed by atoms with Crippen LogP contribution in [0.1, 0.15) is 12.3 Å². The molecule has 4 nitrogen and oxygen atoms in total. The Hall–Kier alpha value is -6.43. The quantitative estimate of drug-likeness (QED) is 0.183. The van der Waals surface area contributed by atoms with Crippen molar-refractivity contribution in [2.75, 3.05) is 0 Å². The van der Waals surface area contributed by atoms with E-state index in [9.17, 15) is 0 Å². The first kappa shape index (κ1) is 20.8. The molecule has 0 aliphatic heterocycles. The molecule has 3 aromatic heterocycles. The predicted octanol–water partition coefficient (Wildman–Crippen LogP) is 12.5. The number of fused-ring (bicyclic) bond motifs is 6. The molecule has 10 aromatic rings. The largest absolute Gasteiger partial charge is 0.456 e. The van der Waals surface area contributed by atoms with E-state index in [0.29, 0.717) is 23.0 Å². The van der Waals surface area contributed by atoms with Crippen LogP contribution in [0.4, 0.5) is 0 Å². The summed E-state index contributed by atoms with van der Waals surface area (Å²) in [6.07, 6.45) is 0. The summed E-state index contributed by atoms with van der Waals surface area (Å²) in [7, 11) is 0. The van der Waals surface area contributed by atoms with Gasteiger partial charge in [0, 0.05) is 47.6 Å². The number of para-hydroxylation sites is 1. The van der Waals surface area contributed by atoms with E-state index in [2.05, 4.69) is 0 Å². The third-order valence-electron chi connectivity index (χ3n) is 8.71. The maximum Gasteiger partial charge on any atom is 0.164 e. The van der Waals surface area contributed by atoms with Crippen molar-refractivity contribution in [3.05, 3.63) is 164 Å². The highest BCUT2D eigenvalue weighted by atomic mass is 32.1. The van der Waals surface area contributed by atoms with E-state index in [1.165, 1.54) is 11.3 Å². The van der Waals surface area contributed by atoms with Crippen molar-refractivity contribution in [1.82, 2.24) is 15.0 Å². The van der Waals surface area contributed by atoms with Crippen molar-refractivity contribution in [1.29, 1.82) is 0 Å². The van der Waals surface area contributed by atoms with Gasteiger partial charge in [-0.1, -0.05) is 139 Å². The Morgan fingerprint density at radius 3 is 1.82 bits per heavy atom. The minimum Gasteiger partial charge on any atom is -0.456 e. The summed E-state index contributed by atoms with van der Waals surface area (Å²) in [5, 5.41) is 3.79. The summed E-state index contributed by atoms with van der Waals surface area (Å²) < 4.78 is 84.6. The second kappa shape index (κ2) is 11.6. The molecular formula is C45H27N3OS. The van der Waals surface area contributed by atoms with Crippen LogP contribution in [0.15, 0.2) is 168 Å². The second-order valence-electron chi connectivity index (χ2n) is 11.7. The highest BCUT2D eigenvalue weighted by molar-refractivity contribution is 7.25. The molecule has 0 atom stereocenters. The molecule has 7 aromatic carbocycles. The Labute approximate surface area is 304 Å². The lowest BCUT2D eigenvalue weighted by molar-refractivity contribution is 0.669. The van der Waals surface area contributed by atoms with Crippen molar-refractivity contribution in [3.63, 3.8) is 0 Å². The fourth-order valence-corrected chi connectivity index (χ4v) is 7.52. The fourth-order valence-electron chi connectivity index (χ4n) is 6.33. The lowest BCUT2D eigenvalue weighted by atomic mass is 9.99. The maximum atomic E-state index is 8.96. The van der Waals surface area contributed by atoms with Crippen LogP contribution in [0.5, 0.6) is 0 Å². The molecule has 50 heavy (non-hydrogen) atoms. The summed E-state index contributed by atoms with van der Waals surface area (Å²) in [6, 6.07) is 30.2. The molecule has 10 rings (SSSR count). The molecule has 0 N–H and O–H groups in total. The van der Waals surface area contributed by atoms with E-state index in [0.717, 1.165) is 58.8 Å². The third-order valence-corrected chi connectivity index (χ3v) is 9.82. The van der Waals surface area contributed by atoms with Crippen molar-refractivity contribution in [2.45, 2.75) is 0 Å². The van der Waals surface area contributed by atoms with Crippen LogP contribution in [0.25, 0.3) is 98.5 Å². The molecule has 0 saturated heterocycles. The third kappa shape index (κ3) is 4.87. The van der Waals surface area contributed by atoms with E-state index in [1.54, 1.807) is 6.07 Å². The number of benzene rings is 7. The zero-order valence-corrected chi connectivity index (χ0v) is 26.9. The number of rotatable bonds is 5. The zero-order valence-electron chi connectivity index (χ0n) is 35.1. The van der Waals surface area contributed by atoms with E-state index < -0.39 is 42.3 Å². The van der Waals surface area contributed by atoms with E-state index in [4.69, 9.17) is 31.7 Å². The lowest BCUT2D eigenvalue weighted by Gasteiger charge is -2.09. The van der Waals surface area contributed by atoms with E-state index in [1.807, 2.05) is 103 Å².